The van der Waals surface area contributed by atoms with Crippen LogP contribution in [0.25, 0.3) is 0 Å². The van der Waals surface area contributed by atoms with Crippen LogP contribution in [0.2, 0.25) is 0 Å². The Morgan fingerprint density at radius 1 is 1.12 bits per heavy atom. The standard InChI is InChI=1S/C19H26FN3O2S/c1-22-11-7-10-18(22)19(23-12-4-2-3-5-13-23)15-21-26(24,25)17-9-6-8-16(20)14-17/h6-11,14,19,21H,2-5,12-13,15H2,1H3. The maximum absolute atomic E-state index is 13.4. The number of sulfonamides is 1. The smallest absolute Gasteiger partial charge is 0.240 e. The third-order valence-electron chi connectivity index (χ3n) is 4.98. The van der Waals surface area contributed by atoms with Crippen molar-refractivity contribution in [2.45, 2.75) is 36.6 Å². The van der Waals surface area contributed by atoms with E-state index in [0.29, 0.717) is 0 Å². The highest BCUT2D eigenvalue weighted by atomic mass is 32.2. The molecule has 1 fully saturated rings. The summed E-state index contributed by atoms with van der Waals surface area (Å²) >= 11 is 0. The average Bonchev–Trinajstić information content (AvgIpc) is 2.86. The van der Waals surface area contributed by atoms with Crippen molar-refractivity contribution in [1.29, 1.82) is 0 Å². The molecule has 0 amide bonds. The zero-order valence-corrected chi connectivity index (χ0v) is 15.9. The molecule has 2 heterocycles. The van der Waals surface area contributed by atoms with Gasteiger partial charge in [-0.3, -0.25) is 4.90 Å². The third-order valence-corrected chi connectivity index (χ3v) is 6.40. The molecular formula is C19H26FN3O2S. The lowest BCUT2D eigenvalue weighted by Gasteiger charge is -2.31. The Bertz CT molecular complexity index is 827. The molecule has 1 N–H and O–H groups in total. The first kappa shape index (κ1) is 19.1. The highest BCUT2D eigenvalue weighted by Crippen LogP contribution is 2.24. The van der Waals surface area contributed by atoms with Crippen LogP contribution < -0.4 is 4.72 Å². The monoisotopic (exact) mass is 379 g/mol. The lowest BCUT2D eigenvalue weighted by atomic mass is 10.1. The first-order valence-electron chi connectivity index (χ1n) is 9.08. The van der Waals surface area contributed by atoms with E-state index in [4.69, 9.17) is 0 Å². The molecule has 26 heavy (non-hydrogen) atoms. The SMILES string of the molecule is Cn1cccc1C(CNS(=O)(=O)c1cccc(F)c1)N1CCCCCC1. The minimum atomic E-state index is -3.76. The summed E-state index contributed by atoms with van der Waals surface area (Å²) in [6, 6.07) is 9.07. The Balaban J connectivity index is 1.80. The van der Waals surface area contributed by atoms with Crippen molar-refractivity contribution in [3.05, 3.63) is 54.1 Å². The van der Waals surface area contributed by atoms with Crippen LogP contribution in [0.3, 0.4) is 0 Å². The van der Waals surface area contributed by atoms with Gasteiger partial charge >= 0.3 is 0 Å². The molecule has 1 aromatic carbocycles. The predicted molar refractivity (Wildman–Crippen MR) is 99.8 cm³/mol. The summed E-state index contributed by atoms with van der Waals surface area (Å²) in [5, 5.41) is 0. The van der Waals surface area contributed by atoms with Gasteiger partial charge in [0.25, 0.3) is 0 Å². The van der Waals surface area contributed by atoms with E-state index in [1.807, 2.05) is 29.9 Å². The number of aryl methyl sites for hydroxylation is 1. The van der Waals surface area contributed by atoms with Crippen LogP contribution in [0, 0.1) is 5.82 Å². The second-order valence-corrected chi connectivity index (χ2v) is 8.59. The second-order valence-electron chi connectivity index (χ2n) is 6.82. The summed E-state index contributed by atoms with van der Waals surface area (Å²) in [6.07, 6.45) is 6.65. The van der Waals surface area contributed by atoms with Crippen molar-refractivity contribution in [3.8, 4) is 0 Å². The van der Waals surface area contributed by atoms with Gasteiger partial charge in [-0.2, -0.15) is 0 Å². The van der Waals surface area contributed by atoms with Crippen LogP contribution in [0.5, 0.6) is 0 Å². The Morgan fingerprint density at radius 3 is 2.46 bits per heavy atom. The second kappa shape index (κ2) is 8.33. The quantitative estimate of drug-likeness (QED) is 0.839. The molecule has 1 aliphatic rings. The molecule has 0 spiro atoms. The normalized spacial score (nSPS) is 17.8. The fourth-order valence-corrected chi connectivity index (χ4v) is 4.62. The predicted octanol–water partition coefficient (Wildman–Crippen LogP) is 3.06. The molecule has 0 bridgehead atoms. The van der Waals surface area contributed by atoms with Gasteiger partial charge in [0.2, 0.25) is 10.0 Å². The maximum Gasteiger partial charge on any atom is 0.240 e. The van der Waals surface area contributed by atoms with E-state index >= 15 is 0 Å². The van der Waals surface area contributed by atoms with E-state index in [1.54, 1.807) is 0 Å². The highest BCUT2D eigenvalue weighted by molar-refractivity contribution is 7.89. The van der Waals surface area contributed by atoms with Crippen molar-refractivity contribution in [3.63, 3.8) is 0 Å². The molecule has 1 aromatic heterocycles. The Hall–Kier alpha value is -1.70. The molecule has 0 radical (unpaired) electrons. The molecule has 1 atom stereocenters. The van der Waals surface area contributed by atoms with Gasteiger partial charge in [0.15, 0.2) is 0 Å². The van der Waals surface area contributed by atoms with Gasteiger partial charge in [0.05, 0.1) is 10.9 Å². The molecule has 5 nitrogen and oxygen atoms in total. The van der Waals surface area contributed by atoms with Crippen LogP contribution >= 0.6 is 0 Å². The van der Waals surface area contributed by atoms with Gasteiger partial charge in [-0.25, -0.2) is 17.5 Å². The van der Waals surface area contributed by atoms with Crippen LogP contribution in [-0.4, -0.2) is 37.5 Å². The minimum Gasteiger partial charge on any atom is -0.353 e. The van der Waals surface area contributed by atoms with E-state index in [9.17, 15) is 12.8 Å². The van der Waals surface area contributed by atoms with Crippen LogP contribution in [0.4, 0.5) is 4.39 Å². The molecule has 7 heteroatoms. The molecule has 0 saturated carbocycles. The number of benzene rings is 1. The van der Waals surface area contributed by atoms with Crippen molar-refractivity contribution in [2.24, 2.45) is 7.05 Å². The lowest BCUT2D eigenvalue weighted by Crippen LogP contribution is -2.39. The number of aromatic nitrogens is 1. The molecule has 3 rings (SSSR count). The number of nitrogens with zero attached hydrogens (tertiary/aromatic N) is 2. The van der Waals surface area contributed by atoms with Crippen LogP contribution in [-0.2, 0) is 17.1 Å². The van der Waals surface area contributed by atoms with Gasteiger partial charge in [0, 0.05) is 25.5 Å². The van der Waals surface area contributed by atoms with Gasteiger partial charge in [0.1, 0.15) is 5.82 Å². The van der Waals surface area contributed by atoms with Crippen LogP contribution in [0.1, 0.15) is 37.4 Å². The van der Waals surface area contributed by atoms with Crippen molar-refractivity contribution < 1.29 is 12.8 Å². The fraction of sp³-hybridized carbons (Fsp3) is 0.474. The van der Waals surface area contributed by atoms with E-state index in [2.05, 4.69) is 9.62 Å². The summed E-state index contributed by atoms with van der Waals surface area (Å²) in [7, 11) is -1.78. The Labute approximate surface area is 154 Å². The summed E-state index contributed by atoms with van der Waals surface area (Å²) in [5.41, 5.74) is 1.08. The molecular weight excluding hydrogens is 353 g/mol. The van der Waals surface area contributed by atoms with Crippen LogP contribution in [0.15, 0.2) is 47.5 Å². The number of likely N-dealkylation sites (tertiary alicyclic amines) is 1. The zero-order chi connectivity index (χ0) is 18.6. The van der Waals surface area contributed by atoms with Gasteiger partial charge in [-0.05, 0) is 56.3 Å². The number of rotatable bonds is 6. The summed E-state index contributed by atoms with van der Waals surface area (Å²) in [4.78, 5) is 2.31. The van der Waals surface area contributed by atoms with Gasteiger partial charge < -0.3 is 4.57 Å². The van der Waals surface area contributed by atoms with E-state index in [-0.39, 0.29) is 17.5 Å². The molecule has 1 saturated heterocycles. The molecule has 1 aliphatic heterocycles. The molecule has 1 unspecified atom stereocenters. The minimum absolute atomic E-state index is 0.0426. The van der Waals surface area contributed by atoms with Gasteiger partial charge in [-0.15, -0.1) is 0 Å². The topological polar surface area (TPSA) is 54.3 Å². The van der Waals surface area contributed by atoms with Crippen molar-refractivity contribution in [1.82, 2.24) is 14.2 Å². The lowest BCUT2D eigenvalue weighted by molar-refractivity contribution is 0.199. The van der Waals surface area contributed by atoms with Gasteiger partial charge in [-0.1, -0.05) is 18.9 Å². The molecule has 0 aliphatic carbocycles. The third kappa shape index (κ3) is 4.52. The number of hydrogen-bond donors (Lipinski definition) is 1. The summed E-state index contributed by atoms with van der Waals surface area (Å²) < 4.78 is 43.3. The highest BCUT2D eigenvalue weighted by Gasteiger charge is 2.25. The first-order valence-corrected chi connectivity index (χ1v) is 10.6. The summed E-state index contributed by atoms with van der Waals surface area (Å²) in [5.74, 6) is -0.556. The maximum atomic E-state index is 13.4. The fourth-order valence-electron chi connectivity index (χ4n) is 3.55. The largest absolute Gasteiger partial charge is 0.353 e. The van der Waals surface area contributed by atoms with E-state index < -0.39 is 15.8 Å². The van der Waals surface area contributed by atoms with Crippen molar-refractivity contribution >= 4 is 10.0 Å². The zero-order valence-electron chi connectivity index (χ0n) is 15.1. The van der Waals surface area contributed by atoms with E-state index in [0.717, 1.165) is 37.7 Å². The van der Waals surface area contributed by atoms with Crippen molar-refractivity contribution in [2.75, 3.05) is 19.6 Å². The molecule has 2 aromatic rings. The van der Waals surface area contributed by atoms with E-state index in [1.165, 1.54) is 31.0 Å². The number of hydrogen-bond acceptors (Lipinski definition) is 3. The Morgan fingerprint density at radius 2 is 1.85 bits per heavy atom. The summed E-state index contributed by atoms with van der Waals surface area (Å²) in [6.45, 7) is 2.17. The number of halogens is 1. The first-order chi connectivity index (χ1) is 12.5. The molecule has 142 valence electrons. The number of nitrogens with one attached hydrogen (secondary N) is 1. The average molecular weight is 380 g/mol. The Kier molecular flexibility index (Phi) is 6.11.